The molecule has 0 fully saturated rings. The molecule has 0 unspecified atom stereocenters. The van der Waals surface area contributed by atoms with Crippen molar-refractivity contribution in [3.05, 3.63) is 59.7 Å². The van der Waals surface area contributed by atoms with Crippen LogP contribution in [0.1, 0.15) is 33.6 Å². The van der Waals surface area contributed by atoms with Gasteiger partial charge in [0.1, 0.15) is 8.07 Å². The summed E-state index contributed by atoms with van der Waals surface area (Å²) in [5.74, 6) is 0. The molecule has 0 saturated carbocycles. The molecule has 1 aliphatic rings. The van der Waals surface area contributed by atoms with Gasteiger partial charge in [-0.25, -0.2) is 0 Å². The standard InChI is InChI=1S/C18H25Si/c1-4-11-16-12-10-15-18(16)19(5-2,6-3)17-13-8-7-9-14-17/h7-10,12-15H,4-6,11H2,1-3H3. The van der Waals surface area contributed by atoms with Crippen molar-refractivity contribution in [1.29, 1.82) is 0 Å². The van der Waals surface area contributed by atoms with E-state index in [1.807, 2.05) is 0 Å². The van der Waals surface area contributed by atoms with E-state index in [2.05, 4.69) is 69.3 Å². The third-order valence-electron chi connectivity index (χ3n) is 4.47. The van der Waals surface area contributed by atoms with E-state index in [1.54, 1.807) is 16.3 Å². The van der Waals surface area contributed by atoms with Crippen molar-refractivity contribution in [1.82, 2.24) is 0 Å². The highest BCUT2D eigenvalue weighted by Gasteiger charge is 2.41. The summed E-state index contributed by atoms with van der Waals surface area (Å²) >= 11 is 0. The Hall–Kier alpha value is -1.08. The maximum absolute atomic E-state index is 2.40. The van der Waals surface area contributed by atoms with Gasteiger partial charge in [0.2, 0.25) is 0 Å². The Morgan fingerprint density at radius 1 is 0.947 bits per heavy atom. The Balaban J connectivity index is 2.40. The van der Waals surface area contributed by atoms with Crippen molar-refractivity contribution in [2.45, 2.75) is 45.7 Å². The van der Waals surface area contributed by atoms with Gasteiger partial charge in [0.15, 0.2) is 0 Å². The highest BCUT2D eigenvalue weighted by Crippen LogP contribution is 2.38. The number of benzene rings is 1. The van der Waals surface area contributed by atoms with Gasteiger partial charge >= 0.3 is 0 Å². The monoisotopic (exact) mass is 269 g/mol. The molecule has 1 aliphatic carbocycles. The molecule has 1 aromatic rings. The maximum Gasteiger partial charge on any atom is 0.102 e. The first-order valence-electron chi connectivity index (χ1n) is 7.59. The van der Waals surface area contributed by atoms with E-state index in [-0.39, 0.29) is 0 Å². The van der Waals surface area contributed by atoms with Gasteiger partial charge in [-0.2, -0.15) is 0 Å². The average molecular weight is 269 g/mol. The zero-order chi connectivity index (χ0) is 13.7. The van der Waals surface area contributed by atoms with Crippen molar-refractivity contribution >= 4 is 13.3 Å². The Kier molecular flexibility index (Phi) is 4.81. The summed E-state index contributed by atoms with van der Waals surface area (Å²) in [4.78, 5) is 0. The summed E-state index contributed by atoms with van der Waals surface area (Å²) in [7, 11) is -1.53. The van der Waals surface area contributed by atoms with Gasteiger partial charge in [0.05, 0.1) is 0 Å². The fraction of sp³-hybridized carbons (Fsp3) is 0.389. The van der Waals surface area contributed by atoms with Crippen LogP contribution >= 0.6 is 0 Å². The van der Waals surface area contributed by atoms with Gasteiger partial charge < -0.3 is 0 Å². The Labute approximate surface area is 119 Å². The molecule has 0 heterocycles. The van der Waals surface area contributed by atoms with Crippen molar-refractivity contribution in [3.63, 3.8) is 0 Å². The van der Waals surface area contributed by atoms with Gasteiger partial charge in [0, 0.05) is 5.54 Å². The van der Waals surface area contributed by atoms with E-state index < -0.39 is 8.07 Å². The van der Waals surface area contributed by atoms with E-state index in [1.165, 1.54) is 24.9 Å². The van der Waals surface area contributed by atoms with Crippen molar-refractivity contribution in [2.75, 3.05) is 0 Å². The molecule has 0 bridgehead atoms. The molecular weight excluding hydrogens is 244 g/mol. The van der Waals surface area contributed by atoms with Crippen molar-refractivity contribution < 1.29 is 0 Å². The molecule has 0 nitrogen and oxygen atoms in total. The minimum absolute atomic E-state index is 1.23. The molecule has 0 spiro atoms. The molecule has 0 amide bonds. The van der Waals surface area contributed by atoms with Crippen LogP contribution in [0.15, 0.2) is 54.1 Å². The molecule has 0 aliphatic heterocycles. The van der Waals surface area contributed by atoms with Crippen LogP contribution < -0.4 is 5.19 Å². The maximum atomic E-state index is 2.40. The highest BCUT2D eigenvalue weighted by molar-refractivity contribution is 6.97. The summed E-state index contributed by atoms with van der Waals surface area (Å²) in [6.07, 6.45) is 9.47. The van der Waals surface area contributed by atoms with E-state index >= 15 is 0 Å². The third kappa shape index (κ3) is 2.62. The minimum Gasteiger partial charge on any atom is -0.0757 e. The number of hydrogen-bond acceptors (Lipinski definition) is 0. The van der Waals surface area contributed by atoms with E-state index in [0.717, 1.165) is 0 Å². The summed E-state index contributed by atoms with van der Waals surface area (Å²) in [5.41, 5.74) is 3.28. The van der Waals surface area contributed by atoms with E-state index in [0.29, 0.717) is 0 Å². The van der Waals surface area contributed by atoms with Crippen molar-refractivity contribution in [2.24, 2.45) is 0 Å². The lowest BCUT2D eigenvalue weighted by Gasteiger charge is -2.36. The second kappa shape index (κ2) is 6.38. The van der Waals surface area contributed by atoms with Crippen molar-refractivity contribution in [3.8, 4) is 0 Å². The van der Waals surface area contributed by atoms with Crippen LogP contribution in [-0.4, -0.2) is 8.07 Å². The molecule has 0 atom stereocenters. The minimum atomic E-state index is -1.53. The summed E-state index contributed by atoms with van der Waals surface area (Å²) in [6, 6.07) is 13.8. The van der Waals surface area contributed by atoms with Crippen LogP contribution in [0, 0.1) is 5.54 Å². The summed E-state index contributed by atoms with van der Waals surface area (Å²) < 4.78 is 0. The molecule has 19 heavy (non-hydrogen) atoms. The smallest absolute Gasteiger partial charge is 0.0757 e. The number of allylic oxidation sites excluding steroid dienone is 4. The van der Waals surface area contributed by atoms with Gasteiger partial charge in [-0.1, -0.05) is 98.6 Å². The Morgan fingerprint density at radius 3 is 2.21 bits per heavy atom. The molecule has 0 N–H and O–H groups in total. The quantitative estimate of drug-likeness (QED) is 0.651. The SMILES string of the molecule is CCCC1=CC=C[C]1[Si](CC)(CC)c1ccccc1. The first-order chi connectivity index (χ1) is 9.28. The van der Waals surface area contributed by atoms with Crippen LogP contribution in [0.2, 0.25) is 12.1 Å². The zero-order valence-electron chi connectivity index (χ0n) is 12.4. The molecule has 0 aromatic heterocycles. The lowest BCUT2D eigenvalue weighted by molar-refractivity contribution is 0.909. The Bertz CT molecular complexity index is 452. The number of rotatable bonds is 6. The fourth-order valence-electron chi connectivity index (χ4n) is 3.36. The topological polar surface area (TPSA) is 0 Å². The van der Waals surface area contributed by atoms with Crippen LogP contribution in [0.25, 0.3) is 0 Å². The largest absolute Gasteiger partial charge is 0.102 e. The molecule has 1 aromatic carbocycles. The fourth-order valence-corrected chi connectivity index (χ4v) is 7.82. The van der Waals surface area contributed by atoms with Crippen LogP contribution in [-0.2, 0) is 0 Å². The average Bonchev–Trinajstić information content (AvgIpc) is 2.92. The summed E-state index contributed by atoms with van der Waals surface area (Å²) in [5, 5.41) is 1.60. The third-order valence-corrected chi connectivity index (χ3v) is 9.85. The first-order valence-corrected chi connectivity index (χ1v) is 10.0. The highest BCUT2D eigenvalue weighted by atomic mass is 28.3. The normalized spacial score (nSPS) is 15.8. The molecule has 0 saturated heterocycles. The van der Waals surface area contributed by atoms with E-state index in [9.17, 15) is 0 Å². The first kappa shape index (κ1) is 14.3. The van der Waals surface area contributed by atoms with Gasteiger partial charge in [-0.3, -0.25) is 0 Å². The second-order valence-electron chi connectivity index (χ2n) is 5.37. The van der Waals surface area contributed by atoms with Gasteiger partial charge in [-0.05, 0) is 6.42 Å². The van der Waals surface area contributed by atoms with Crippen LogP contribution in [0.3, 0.4) is 0 Å². The zero-order valence-corrected chi connectivity index (χ0v) is 13.4. The lowest BCUT2D eigenvalue weighted by atomic mass is 10.1. The molecule has 101 valence electrons. The van der Waals surface area contributed by atoms with Crippen LogP contribution in [0.5, 0.6) is 0 Å². The van der Waals surface area contributed by atoms with Gasteiger partial charge in [-0.15, -0.1) is 0 Å². The molecular formula is C18H25Si. The summed E-state index contributed by atoms with van der Waals surface area (Å²) in [6.45, 7) is 7.04. The molecule has 1 heteroatoms. The predicted octanol–water partition coefficient (Wildman–Crippen LogP) is 4.79. The predicted molar refractivity (Wildman–Crippen MR) is 88.2 cm³/mol. The van der Waals surface area contributed by atoms with Gasteiger partial charge in [0.25, 0.3) is 0 Å². The second-order valence-corrected chi connectivity index (χ2v) is 10.1. The lowest BCUT2D eigenvalue weighted by Crippen LogP contribution is -2.52. The number of hydrogen-bond donors (Lipinski definition) is 0. The molecule has 2 rings (SSSR count). The molecule has 1 radical (unpaired) electrons. The van der Waals surface area contributed by atoms with Crippen LogP contribution in [0.4, 0.5) is 0 Å². The van der Waals surface area contributed by atoms with E-state index in [4.69, 9.17) is 0 Å². The Morgan fingerprint density at radius 2 is 1.63 bits per heavy atom.